The Morgan fingerprint density at radius 2 is 2.29 bits per heavy atom. The molecule has 1 aliphatic rings. The molecule has 0 aromatic rings. The molecule has 5 heteroatoms. The lowest BCUT2D eigenvalue weighted by Crippen LogP contribution is -2.07. The van der Waals surface area contributed by atoms with Crippen LogP contribution in [0.2, 0.25) is 0 Å². The van der Waals surface area contributed by atoms with Gasteiger partial charge in [0.05, 0.1) is 4.97 Å². The molecule has 40 valence electrons. The van der Waals surface area contributed by atoms with E-state index >= 15 is 0 Å². The highest BCUT2D eigenvalue weighted by molar-refractivity contribution is 4.58. The van der Waals surface area contributed by atoms with Crippen molar-refractivity contribution in [2.24, 2.45) is 5.28 Å². The first-order chi connectivity index (χ1) is 3.34. The molecule has 0 bridgehead atoms. The van der Waals surface area contributed by atoms with Crippen molar-refractivity contribution in [3.63, 3.8) is 0 Å². The molecule has 0 saturated carbocycles. The minimum absolute atomic E-state index is 0.167. The van der Waals surface area contributed by atoms with E-state index < -0.39 is 0 Å². The SMILES string of the molecule is [O-][N+](=NO)N1CC1. The van der Waals surface area contributed by atoms with Gasteiger partial charge in [0.15, 0.2) is 0 Å². The lowest BCUT2D eigenvalue weighted by atomic mass is 11.0. The lowest BCUT2D eigenvalue weighted by Gasteiger charge is -1.91. The third-order valence-electron chi connectivity index (χ3n) is 0.742. The van der Waals surface area contributed by atoms with Gasteiger partial charge in [-0.2, -0.15) is 0 Å². The summed E-state index contributed by atoms with van der Waals surface area (Å²) in [6, 6.07) is 0. The van der Waals surface area contributed by atoms with Crippen molar-refractivity contribution in [1.82, 2.24) is 5.01 Å². The zero-order valence-corrected chi connectivity index (χ0v) is 3.61. The number of hydrogen-bond donors (Lipinski definition) is 1. The molecule has 1 heterocycles. The zero-order valence-electron chi connectivity index (χ0n) is 3.61. The summed E-state index contributed by atoms with van der Waals surface area (Å²) in [4.78, 5) is 0.167. The molecule has 0 aromatic carbocycles. The molecule has 0 aromatic heterocycles. The van der Waals surface area contributed by atoms with Gasteiger partial charge in [-0.15, -0.1) is 5.01 Å². The zero-order chi connectivity index (χ0) is 5.28. The van der Waals surface area contributed by atoms with Crippen molar-refractivity contribution < 1.29 is 10.2 Å². The van der Waals surface area contributed by atoms with E-state index in [9.17, 15) is 5.21 Å². The van der Waals surface area contributed by atoms with Gasteiger partial charge in [0.25, 0.3) is 0 Å². The summed E-state index contributed by atoms with van der Waals surface area (Å²) >= 11 is 0. The largest absolute Gasteiger partial charge is 0.569 e. The van der Waals surface area contributed by atoms with Crippen molar-refractivity contribution in [3.8, 4) is 0 Å². The average Bonchev–Trinajstić information content (AvgIpc) is 2.44. The maximum atomic E-state index is 10.0. The Hall–Kier alpha value is -1.00. The van der Waals surface area contributed by atoms with E-state index in [4.69, 9.17) is 5.21 Å². The lowest BCUT2D eigenvalue weighted by molar-refractivity contribution is -0.676. The summed E-state index contributed by atoms with van der Waals surface area (Å²) in [5, 5.41) is 21.4. The summed E-state index contributed by atoms with van der Waals surface area (Å²) < 4.78 is 0. The second kappa shape index (κ2) is 1.25. The van der Waals surface area contributed by atoms with Gasteiger partial charge in [0.2, 0.25) is 5.28 Å². The number of hydrogen-bond acceptors (Lipinski definition) is 2. The van der Waals surface area contributed by atoms with Crippen molar-refractivity contribution in [2.45, 2.75) is 0 Å². The molecule has 0 atom stereocenters. The van der Waals surface area contributed by atoms with Gasteiger partial charge in [-0.25, -0.2) is 0 Å². The fourth-order valence-corrected chi connectivity index (χ4v) is 0.272. The predicted octanol–water partition coefficient (Wildman–Crippen LogP) is -0.431. The molecule has 1 saturated heterocycles. The number of rotatable bonds is 1. The van der Waals surface area contributed by atoms with Crippen LogP contribution in [0.25, 0.3) is 0 Å². The maximum Gasteiger partial charge on any atom is 0.230 e. The molecule has 0 radical (unpaired) electrons. The van der Waals surface area contributed by atoms with Gasteiger partial charge in [-0.1, -0.05) is 0 Å². The van der Waals surface area contributed by atoms with E-state index in [1.54, 1.807) is 0 Å². The van der Waals surface area contributed by atoms with E-state index in [1.165, 1.54) is 5.01 Å². The standard InChI is InChI=1S/C2H5N3O2/c6-3-5(7)4-1-2-4/h6H,1-2H2. The van der Waals surface area contributed by atoms with Crippen molar-refractivity contribution in [3.05, 3.63) is 5.21 Å². The van der Waals surface area contributed by atoms with Crippen LogP contribution < -0.4 is 0 Å². The van der Waals surface area contributed by atoms with Crippen LogP contribution in [0.4, 0.5) is 0 Å². The highest BCUT2D eigenvalue weighted by atomic mass is 16.6. The molecule has 1 aliphatic heterocycles. The molecule has 0 aliphatic carbocycles. The number of hydrazine groups is 1. The summed E-state index contributed by atoms with van der Waals surface area (Å²) in [6.45, 7) is 1.40. The van der Waals surface area contributed by atoms with Crippen LogP contribution in [0.15, 0.2) is 5.28 Å². The van der Waals surface area contributed by atoms with Crippen LogP contribution in [0.1, 0.15) is 0 Å². The van der Waals surface area contributed by atoms with E-state index in [2.05, 4.69) is 5.28 Å². The third-order valence-corrected chi connectivity index (χ3v) is 0.742. The number of nitrogens with zero attached hydrogens (tertiary/aromatic N) is 3. The first-order valence-corrected chi connectivity index (χ1v) is 1.92. The van der Waals surface area contributed by atoms with E-state index in [0.717, 1.165) is 0 Å². The molecular formula is C2H5N3O2. The van der Waals surface area contributed by atoms with Gasteiger partial charge in [-0.05, 0) is 0 Å². The molecule has 0 unspecified atom stereocenters. The Kier molecular flexibility index (Phi) is 0.744. The second-order valence-corrected chi connectivity index (χ2v) is 1.30. The molecule has 1 rings (SSSR count). The van der Waals surface area contributed by atoms with Crippen LogP contribution >= 0.6 is 0 Å². The summed E-state index contributed by atoms with van der Waals surface area (Å²) in [7, 11) is 0. The first-order valence-electron chi connectivity index (χ1n) is 1.92. The molecular weight excluding hydrogens is 98.0 g/mol. The topological polar surface area (TPSA) is 61.7 Å². The Morgan fingerprint density at radius 1 is 1.71 bits per heavy atom. The van der Waals surface area contributed by atoms with Gasteiger partial charge in [-0.3, -0.25) is 0 Å². The Bertz CT molecular complexity index is 97.1. The molecule has 0 spiro atoms. The van der Waals surface area contributed by atoms with Crippen LogP contribution in [-0.4, -0.2) is 28.3 Å². The fraction of sp³-hybridized carbons (Fsp3) is 1.00. The van der Waals surface area contributed by atoms with Crippen LogP contribution in [0.5, 0.6) is 0 Å². The molecule has 5 nitrogen and oxygen atoms in total. The van der Waals surface area contributed by atoms with Gasteiger partial charge in [0.1, 0.15) is 13.1 Å². The minimum Gasteiger partial charge on any atom is -0.569 e. The fourth-order valence-electron chi connectivity index (χ4n) is 0.272. The average molecular weight is 103 g/mol. The Balaban J connectivity index is 2.37. The van der Waals surface area contributed by atoms with Crippen LogP contribution in [0, 0.1) is 5.21 Å². The highest BCUT2D eigenvalue weighted by Gasteiger charge is 2.25. The highest BCUT2D eigenvalue weighted by Crippen LogP contribution is 2.01. The van der Waals surface area contributed by atoms with Gasteiger partial charge < -0.3 is 10.4 Å². The molecule has 0 amide bonds. The second-order valence-electron chi connectivity index (χ2n) is 1.30. The monoisotopic (exact) mass is 103 g/mol. The molecule has 1 N–H and O–H groups in total. The predicted molar refractivity (Wildman–Crippen MR) is 19.4 cm³/mol. The summed E-state index contributed by atoms with van der Waals surface area (Å²) in [5.74, 6) is 0. The van der Waals surface area contributed by atoms with E-state index in [0.29, 0.717) is 13.1 Å². The van der Waals surface area contributed by atoms with Crippen LogP contribution in [-0.2, 0) is 0 Å². The quantitative estimate of drug-likeness (QED) is 0.212. The van der Waals surface area contributed by atoms with Crippen molar-refractivity contribution >= 4 is 0 Å². The smallest absolute Gasteiger partial charge is 0.230 e. The normalized spacial score (nSPS) is 20.0. The van der Waals surface area contributed by atoms with Crippen molar-refractivity contribution in [1.29, 1.82) is 0 Å². The third kappa shape index (κ3) is 0.703. The molecule has 7 heavy (non-hydrogen) atoms. The summed E-state index contributed by atoms with van der Waals surface area (Å²) in [6.07, 6.45) is 0. The van der Waals surface area contributed by atoms with Gasteiger partial charge in [0, 0.05) is 0 Å². The van der Waals surface area contributed by atoms with Crippen LogP contribution in [0.3, 0.4) is 0 Å². The van der Waals surface area contributed by atoms with Crippen molar-refractivity contribution in [2.75, 3.05) is 13.1 Å². The Morgan fingerprint density at radius 3 is 2.43 bits per heavy atom. The first kappa shape index (κ1) is 4.17. The molecule has 1 fully saturated rings. The van der Waals surface area contributed by atoms with E-state index in [-0.39, 0.29) is 4.97 Å². The summed E-state index contributed by atoms with van der Waals surface area (Å²) in [5.41, 5.74) is 0. The van der Waals surface area contributed by atoms with Gasteiger partial charge >= 0.3 is 0 Å². The van der Waals surface area contributed by atoms with E-state index in [1.807, 2.05) is 0 Å². The Labute approximate surface area is 40.0 Å². The maximum absolute atomic E-state index is 10.0. The minimum atomic E-state index is 0.167.